The molecule has 0 aromatic heterocycles. The van der Waals surface area contributed by atoms with Crippen molar-refractivity contribution in [2.24, 2.45) is 58.2 Å². The van der Waals surface area contributed by atoms with Crippen molar-refractivity contribution in [2.45, 2.75) is 49.7 Å². The highest BCUT2D eigenvalue weighted by Crippen LogP contribution is 3.02. The first-order chi connectivity index (χ1) is 11.7. The Bertz CT molecular complexity index is 767. The minimum absolute atomic E-state index is 0.0405. The first-order valence-electron chi connectivity index (χ1n) is 10.1. The molecule has 2 heterocycles. The van der Waals surface area contributed by atoms with Crippen LogP contribution in [0.1, 0.15) is 38.5 Å². The molecule has 0 aromatic carbocycles. The van der Waals surface area contributed by atoms with Gasteiger partial charge in [-0.2, -0.15) is 0 Å². The first kappa shape index (κ1) is 11.5. The minimum Gasteiger partial charge on any atom is -0.458 e. The van der Waals surface area contributed by atoms with E-state index in [9.17, 15) is 9.59 Å². The molecule has 0 amide bonds. The summed E-state index contributed by atoms with van der Waals surface area (Å²) >= 11 is 0. The fraction of sp³-hybridized carbons (Fsp3) is 0.900. The van der Waals surface area contributed by atoms with Gasteiger partial charge in [0.2, 0.25) is 0 Å². The van der Waals surface area contributed by atoms with Crippen LogP contribution >= 0.6 is 0 Å². The molecule has 4 spiro atoms. The van der Waals surface area contributed by atoms with Crippen LogP contribution in [0.2, 0.25) is 0 Å². The molecule has 0 unspecified atom stereocenters. The van der Waals surface area contributed by atoms with Crippen molar-refractivity contribution in [3.8, 4) is 0 Å². The van der Waals surface area contributed by atoms with E-state index in [1.807, 2.05) is 0 Å². The highest BCUT2D eigenvalue weighted by molar-refractivity contribution is 5.99. The SMILES string of the molecule is O=C1O[C@]23CCC[C@@H]2[C@H]2[C@H]4[C@H]5[C@H]6[C@H]7CCC[C@]78OC(=O)[C@@]2([C@@H]58)[C@@]16[C@H]43. The Morgan fingerprint density at radius 3 is 1.67 bits per heavy atom. The van der Waals surface area contributed by atoms with Gasteiger partial charge < -0.3 is 9.47 Å². The molecule has 2 aliphatic heterocycles. The lowest BCUT2D eigenvalue weighted by atomic mass is 9.45. The Balaban J connectivity index is 1.47. The van der Waals surface area contributed by atoms with Crippen molar-refractivity contribution < 1.29 is 19.1 Å². The smallest absolute Gasteiger partial charge is 0.314 e. The van der Waals surface area contributed by atoms with E-state index in [0.29, 0.717) is 47.3 Å². The normalized spacial score (nSPS) is 78.5. The maximum Gasteiger partial charge on any atom is 0.314 e. The van der Waals surface area contributed by atoms with Crippen molar-refractivity contribution >= 4 is 11.9 Å². The summed E-state index contributed by atoms with van der Waals surface area (Å²) in [5, 5.41) is 0. The third-order valence-corrected chi connectivity index (χ3v) is 11.3. The van der Waals surface area contributed by atoms with E-state index in [-0.39, 0.29) is 23.1 Å². The summed E-state index contributed by atoms with van der Waals surface area (Å²) in [6.07, 6.45) is 6.80. The fourth-order valence-electron chi connectivity index (χ4n) is 12.2. The van der Waals surface area contributed by atoms with Crippen LogP contribution in [0.5, 0.6) is 0 Å². The van der Waals surface area contributed by atoms with Gasteiger partial charge >= 0.3 is 11.9 Å². The van der Waals surface area contributed by atoms with Gasteiger partial charge in [-0.1, -0.05) is 0 Å². The summed E-state index contributed by atoms with van der Waals surface area (Å²) in [5.74, 6) is 3.77. The topological polar surface area (TPSA) is 52.6 Å². The van der Waals surface area contributed by atoms with Gasteiger partial charge in [0.1, 0.15) is 11.2 Å². The molecule has 4 heteroatoms. The van der Waals surface area contributed by atoms with Crippen LogP contribution in [-0.4, -0.2) is 23.1 Å². The zero-order valence-electron chi connectivity index (χ0n) is 13.5. The number of carbonyl (C=O) groups is 2. The van der Waals surface area contributed by atoms with Gasteiger partial charge in [-0.3, -0.25) is 9.59 Å². The zero-order chi connectivity index (χ0) is 15.4. The Labute approximate surface area is 139 Å². The van der Waals surface area contributed by atoms with Crippen molar-refractivity contribution in [1.82, 2.24) is 0 Å². The highest BCUT2D eigenvalue weighted by atomic mass is 16.6. The van der Waals surface area contributed by atoms with Gasteiger partial charge in [-0.15, -0.1) is 0 Å². The first-order valence-corrected chi connectivity index (χ1v) is 10.1. The van der Waals surface area contributed by atoms with Crippen LogP contribution in [-0.2, 0) is 19.1 Å². The number of ether oxygens (including phenoxy) is 2. The third kappa shape index (κ3) is 0.579. The molecule has 0 aromatic rings. The summed E-state index contributed by atoms with van der Waals surface area (Å²) in [6, 6.07) is 0. The third-order valence-electron chi connectivity index (χ3n) is 11.3. The van der Waals surface area contributed by atoms with Gasteiger partial charge in [-0.05, 0) is 62.2 Å². The van der Waals surface area contributed by atoms with Gasteiger partial charge in [-0.25, -0.2) is 0 Å². The van der Waals surface area contributed by atoms with Crippen LogP contribution in [0.15, 0.2) is 0 Å². The van der Waals surface area contributed by atoms with Crippen LogP contribution in [0, 0.1) is 58.2 Å². The average Bonchev–Trinajstić information content (AvgIpc) is 3.32. The lowest BCUT2D eigenvalue weighted by Gasteiger charge is -2.51. The van der Waals surface area contributed by atoms with Gasteiger partial charge in [0, 0.05) is 23.7 Å². The van der Waals surface area contributed by atoms with Crippen molar-refractivity contribution in [2.75, 3.05) is 0 Å². The summed E-state index contributed by atoms with van der Waals surface area (Å²) in [6.45, 7) is 0. The summed E-state index contributed by atoms with van der Waals surface area (Å²) < 4.78 is 12.6. The molecule has 12 atom stereocenters. The molecule has 8 saturated carbocycles. The second-order valence-electron chi connectivity index (χ2n) is 10.6. The molecule has 0 N–H and O–H groups in total. The molecule has 0 radical (unpaired) electrons. The van der Waals surface area contributed by atoms with E-state index in [0.717, 1.165) is 25.7 Å². The Hall–Kier alpha value is -1.06. The molecule has 8 aliphatic carbocycles. The van der Waals surface area contributed by atoms with Crippen molar-refractivity contribution in [1.29, 1.82) is 0 Å². The monoisotopic (exact) mass is 324 g/mol. The fourth-order valence-corrected chi connectivity index (χ4v) is 12.2. The molecular weight excluding hydrogens is 304 g/mol. The van der Waals surface area contributed by atoms with E-state index in [1.165, 1.54) is 12.8 Å². The van der Waals surface area contributed by atoms with Crippen LogP contribution in [0.4, 0.5) is 0 Å². The molecule has 2 saturated heterocycles. The van der Waals surface area contributed by atoms with Gasteiger partial charge in [0.25, 0.3) is 0 Å². The van der Waals surface area contributed by atoms with Gasteiger partial charge in [0.15, 0.2) is 0 Å². The molecule has 10 aliphatic rings. The maximum atomic E-state index is 13.5. The molecule has 10 fully saturated rings. The van der Waals surface area contributed by atoms with Crippen LogP contribution in [0.3, 0.4) is 0 Å². The molecule has 4 nitrogen and oxygen atoms in total. The van der Waals surface area contributed by atoms with Gasteiger partial charge in [0.05, 0.1) is 10.8 Å². The largest absolute Gasteiger partial charge is 0.458 e. The zero-order valence-corrected chi connectivity index (χ0v) is 13.5. The Morgan fingerprint density at radius 1 is 0.750 bits per heavy atom. The highest BCUT2D eigenvalue weighted by Gasteiger charge is 3.09. The number of hydrogen-bond acceptors (Lipinski definition) is 4. The van der Waals surface area contributed by atoms with E-state index in [4.69, 9.17) is 9.47 Å². The lowest BCUT2D eigenvalue weighted by molar-refractivity contribution is -0.166. The number of rotatable bonds is 0. The summed E-state index contributed by atoms with van der Waals surface area (Å²) in [7, 11) is 0. The molecule has 124 valence electrons. The molecular formula is C20H20O4. The predicted molar refractivity (Wildman–Crippen MR) is 78.1 cm³/mol. The van der Waals surface area contributed by atoms with E-state index in [2.05, 4.69) is 0 Å². The lowest BCUT2D eigenvalue weighted by Crippen LogP contribution is -2.62. The quantitative estimate of drug-likeness (QED) is 0.639. The summed E-state index contributed by atoms with van der Waals surface area (Å²) in [5.41, 5.74) is -1.25. The number of esters is 2. The maximum absolute atomic E-state index is 13.5. The van der Waals surface area contributed by atoms with Crippen molar-refractivity contribution in [3.63, 3.8) is 0 Å². The van der Waals surface area contributed by atoms with Crippen LogP contribution in [0.25, 0.3) is 0 Å². The predicted octanol–water partition coefficient (Wildman–Crippen LogP) is 1.92. The van der Waals surface area contributed by atoms with Crippen LogP contribution < -0.4 is 0 Å². The number of hydrogen-bond donors (Lipinski definition) is 0. The standard InChI is InChI=1S/C20H20O4/c21-15-20-12-8-4-2-6-18(8)14-10(12)9-11(19(14,20)16(22)24-18)7-3-1-5-17(7,23-15)13(9)20/h7-14H,1-6H2/t7-,8-,9-,10+,11+,12-,13-,14+,17-,18+,19-,20+/m1/s1. The van der Waals surface area contributed by atoms with Crippen molar-refractivity contribution in [3.05, 3.63) is 0 Å². The average molecular weight is 324 g/mol. The minimum atomic E-state index is -0.454. The Morgan fingerprint density at radius 2 is 1.21 bits per heavy atom. The molecule has 10 rings (SSSR count). The summed E-state index contributed by atoms with van der Waals surface area (Å²) in [4.78, 5) is 27.0. The number of carbonyl (C=O) groups excluding carboxylic acids is 2. The molecule has 8 bridgehead atoms. The van der Waals surface area contributed by atoms with E-state index < -0.39 is 10.8 Å². The van der Waals surface area contributed by atoms with E-state index in [1.54, 1.807) is 0 Å². The second kappa shape index (κ2) is 2.59. The Kier molecular flexibility index (Phi) is 1.25. The second-order valence-corrected chi connectivity index (χ2v) is 10.6. The molecule has 24 heavy (non-hydrogen) atoms. The van der Waals surface area contributed by atoms with E-state index >= 15 is 0 Å².